The molecule has 0 radical (unpaired) electrons. The van der Waals surface area contributed by atoms with Crippen molar-refractivity contribution >= 4 is 44.7 Å². The number of benzene rings is 2. The maximum absolute atomic E-state index is 13.9. The SMILES string of the molecule is Cc1ccc(C(=O)Nc2ccc(C(N)=S)cc2F)cc1Br. The van der Waals surface area contributed by atoms with Gasteiger partial charge in [-0.25, -0.2) is 4.39 Å². The van der Waals surface area contributed by atoms with Crippen molar-refractivity contribution in [1.29, 1.82) is 0 Å². The van der Waals surface area contributed by atoms with E-state index in [2.05, 4.69) is 21.2 Å². The highest BCUT2D eigenvalue weighted by molar-refractivity contribution is 9.10. The molecule has 1 amide bonds. The molecule has 0 aliphatic rings. The van der Waals surface area contributed by atoms with E-state index in [1.165, 1.54) is 12.1 Å². The van der Waals surface area contributed by atoms with Crippen molar-refractivity contribution in [3.63, 3.8) is 0 Å². The normalized spacial score (nSPS) is 10.2. The van der Waals surface area contributed by atoms with Gasteiger partial charge in [-0.2, -0.15) is 0 Å². The van der Waals surface area contributed by atoms with Gasteiger partial charge in [-0.15, -0.1) is 0 Å². The number of carbonyl (C=O) groups is 1. The minimum Gasteiger partial charge on any atom is -0.389 e. The Bertz CT molecular complexity index is 734. The Morgan fingerprint density at radius 2 is 1.90 bits per heavy atom. The van der Waals surface area contributed by atoms with Gasteiger partial charge in [-0.05, 0) is 42.8 Å². The maximum Gasteiger partial charge on any atom is 0.255 e. The summed E-state index contributed by atoms with van der Waals surface area (Å²) in [5, 5.41) is 2.52. The number of nitrogens with one attached hydrogen (secondary N) is 1. The summed E-state index contributed by atoms with van der Waals surface area (Å²) in [7, 11) is 0. The Labute approximate surface area is 135 Å². The average molecular weight is 367 g/mol. The smallest absolute Gasteiger partial charge is 0.255 e. The van der Waals surface area contributed by atoms with Crippen LogP contribution < -0.4 is 11.1 Å². The summed E-state index contributed by atoms with van der Waals surface area (Å²) in [4.78, 5) is 12.2. The number of thiocarbonyl (C=S) groups is 1. The zero-order valence-electron chi connectivity index (χ0n) is 11.1. The summed E-state index contributed by atoms with van der Waals surface area (Å²) in [6, 6.07) is 9.37. The van der Waals surface area contributed by atoms with Crippen molar-refractivity contribution in [2.24, 2.45) is 5.73 Å². The number of aryl methyl sites for hydroxylation is 1. The molecule has 2 aromatic carbocycles. The Hall–Kier alpha value is -1.79. The minimum atomic E-state index is -0.583. The van der Waals surface area contributed by atoms with E-state index in [1.807, 2.05) is 13.0 Å². The summed E-state index contributed by atoms with van der Waals surface area (Å²) in [5.74, 6) is -0.975. The number of halogens is 2. The molecule has 108 valence electrons. The Balaban J connectivity index is 2.23. The third kappa shape index (κ3) is 3.65. The summed E-state index contributed by atoms with van der Waals surface area (Å²) in [6.07, 6.45) is 0. The largest absolute Gasteiger partial charge is 0.389 e. The van der Waals surface area contributed by atoms with Crippen molar-refractivity contribution in [3.8, 4) is 0 Å². The fraction of sp³-hybridized carbons (Fsp3) is 0.0667. The topological polar surface area (TPSA) is 55.1 Å². The molecule has 0 unspecified atom stereocenters. The monoisotopic (exact) mass is 366 g/mol. The Morgan fingerprint density at radius 1 is 1.24 bits per heavy atom. The van der Waals surface area contributed by atoms with E-state index in [1.54, 1.807) is 18.2 Å². The lowest BCUT2D eigenvalue weighted by molar-refractivity contribution is 0.102. The van der Waals surface area contributed by atoms with Crippen molar-refractivity contribution < 1.29 is 9.18 Å². The van der Waals surface area contributed by atoms with E-state index >= 15 is 0 Å². The lowest BCUT2D eigenvalue weighted by Gasteiger charge is -2.09. The van der Waals surface area contributed by atoms with Gasteiger partial charge >= 0.3 is 0 Å². The fourth-order valence-corrected chi connectivity index (χ4v) is 2.20. The highest BCUT2D eigenvalue weighted by atomic mass is 79.9. The van der Waals surface area contributed by atoms with Crippen LogP contribution in [0.5, 0.6) is 0 Å². The molecule has 0 heterocycles. The molecular formula is C15H12BrFN2OS. The van der Waals surface area contributed by atoms with E-state index in [0.29, 0.717) is 11.1 Å². The third-order valence-corrected chi connectivity index (χ3v) is 4.03. The highest BCUT2D eigenvalue weighted by Crippen LogP contribution is 2.20. The van der Waals surface area contributed by atoms with Crippen LogP contribution in [0.4, 0.5) is 10.1 Å². The van der Waals surface area contributed by atoms with Gasteiger partial charge in [0.15, 0.2) is 0 Å². The molecule has 0 aromatic heterocycles. The number of hydrogen-bond acceptors (Lipinski definition) is 2. The van der Waals surface area contributed by atoms with E-state index in [4.69, 9.17) is 18.0 Å². The summed E-state index contributed by atoms with van der Waals surface area (Å²) < 4.78 is 14.7. The first-order valence-corrected chi connectivity index (χ1v) is 7.25. The van der Waals surface area contributed by atoms with E-state index in [0.717, 1.165) is 10.0 Å². The Kier molecular flexibility index (Phi) is 4.69. The van der Waals surface area contributed by atoms with E-state index in [-0.39, 0.29) is 10.7 Å². The van der Waals surface area contributed by atoms with Crippen LogP contribution in [-0.4, -0.2) is 10.9 Å². The zero-order valence-corrected chi connectivity index (χ0v) is 13.5. The summed E-state index contributed by atoms with van der Waals surface area (Å²) in [6.45, 7) is 1.92. The highest BCUT2D eigenvalue weighted by Gasteiger charge is 2.11. The molecule has 0 saturated carbocycles. The van der Waals surface area contributed by atoms with E-state index in [9.17, 15) is 9.18 Å². The summed E-state index contributed by atoms with van der Waals surface area (Å²) in [5.41, 5.74) is 7.37. The van der Waals surface area contributed by atoms with Crippen LogP contribution in [0.15, 0.2) is 40.9 Å². The van der Waals surface area contributed by atoms with Crippen LogP contribution >= 0.6 is 28.1 Å². The molecule has 3 nitrogen and oxygen atoms in total. The van der Waals surface area contributed by atoms with Crippen molar-refractivity contribution in [2.45, 2.75) is 6.92 Å². The van der Waals surface area contributed by atoms with Crippen LogP contribution in [-0.2, 0) is 0 Å². The Morgan fingerprint density at radius 3 is 2.48 bits per heavy atom. The number of anilines is 1. The quantitative estimate of drug-likeness (QED) is 0.812. The zero-order chi connectivity index (χ0) is 15.6. The van der Waals surface area contributed by atoms with Gasteiger partial charge < -0.3 is 11.1 Å². The number of amides is 1. The fourth-order valence-electron chi connectivity index (χ4n) is 1.70. The standard InChI is InChI=1S/C15H12BrFN2OS/c1-8-2-3-10(6-11(8)16)15(20)19-13-5-4-9(14(18)21)7-12(13)17/h2-7H,1H3,(H2,18,21)(H,19,20). The van der Waals surface area contributed by atoms with Crippen molar-refractivity contribution in [2.75, 3.05) is 5.32 Å². The number of hydrogen-bond donors (Lipinski definition) is 2. The second-order valence-corrected chi connectivity index (χ2v) is 5.77. The molecule has 0 aliphatic heterocycles. The van der Waals surface area contributed by atoms with Crippen LogP contribution in [0.1, 0.15) is 21.5 Å². The van der Waals surface area contributed by atoms with Crippen molar-refractivity contribution in [1.82, 2.24) is 0 Å². The summed E-state index contributed by atoms with van der Waals surface area (Å²) >= 11 is 8.13. The first kappa shape index (κ1) is 15.6. The molecule has 21 heavy (non-hydrogen) atoms. The minimum absolute atomic E-state index is 0.0803. The first-order valence-electron chi connectivity index (χ1n) is 6.05. The molecule has 0 atom stereocenters. The second kappa shape index (κ2) is 6.32. The molecule has 0 fully saturated rings. The molecular weight excluding hydrogens is 355 g/mol. The molecule has 6 heteroatoms. The van der Waals surface area contributed by atoms with Gasteiger partial charge in [0.25, 0.3) is 5.91 Å². The molecule has 2 aromatic rings. The molecule has 0 aliphatic carbocycles. The van der Waals surface area contributed by atoms with Gasteiger partial charge in [-0.1, -0.05) is 34.2 Å². The third-order valence-electron chi connectivity index (χ3n) is 2.94. The maximum atomic E-state index is 13.9. The predicted octanol–water partition coefficient (Wildman–Crippen LogP) is 3.78. The van der Waals surface area contributed by atoms with Crippen LogP contribution in [0.3, 0.4) is 0 Å². The van der Waals surface area contributed by atoms with Crippen LogP contribution in [0.2, 0.25) is 0 Å². The van der Waals surface area contributed by atoms with Gasteiger partial charge in [0.2, 0.25) is 0 Å². The molecule has 0 saturated heterocycles. The number of nitrogens with two attached hydrogens (primary N) is 1. The molecule has 0 spiro atoms. The van der Waals surface area contributed by atoms with Gasteiger partial charge in [-0.3, -0.25) is 4.79 Å². The first-order chi connectivity index (χ1) is 9.88. The molecule has 3 N–H and O–H groups in total. The van der Waals surface area contributed by atoms with Crippen LogP contribution in [0.25, 0.3) is 0 Å². The van der Waals surface area contributed by atoms with E-state index < -0.39 is 11.7 Å². The number of carbonyl (C=O) groups excluding carboxylic acids is 1. The lowest BCUT2D eigenvalue weighted by atomic mass is 10.1. The van der Waals surface area contributed by atoms with Gasteiger partial charge in [0.1, 0.15) is 10.8 Å². The lowest BCUT2D eigenvalue weighted by Crippen LogP contribution is -2.14. The van der Waals surface area contributed by atoms with Gasteiger partial charge in [0, 0.05) is 15.6 Å². The predicted molar refractivity (Wildman–Crippen MR) is 89.1 cm³/mol. The number of rotatable bonds is 3. The molecule has 2 rings (SSSR count). The van der Waals surface area contributed by atoms with Crippen LogP contribution in [0, 0.1) is 12.7 Å². The average Bonchev–Trinajstić information content (AvgIpc) is 2.43. The second-order valence-electron chi connectivity index (χ2n) is 4.48. The van der Waals surface area contributed by atoms with Crippen molar-refractivity contribution in [3.05, 3.63) is 63.4 Å². The molecule has 0 bridgehead atoms. The van der Waals surface area contributed by atoms with Gasteiger partial charge in [0.05, 0.1) is 5.69 Å².